The Bertz CT molecular complexity index is 1110. The Morgan fingerprint density at radius 2 is 1.71 bits per heavy atom. The molecule has 0 saturated carbocycles. The first-order valence-electron chi connectivity index (χ1n) is 8.67. The first kappa shape index (κ1) is 20.5. The Morgan fingerprint density at radius 1 is 1.07 bits per heavy atom. The van der Waals surface area contributed by atoms with Crippen LogP contribution in [0.5, 0.6) is 5.75 Å². The Morgan fingerprint density at radius 3 is 2.29 bits per heavy atom. The number of aromatic nitrogens is 3. The third kappa shape index (κ3) is 3.71. The summed E-state index contributed by atoms with van der Waals surface area (Å²) in [6.45, 7) is 8.16. The van der Waals surface area contributed by atoms with E-state index < -0.39 is 9.84 Å². The monoisotopic (exact) mass is 463 g/mol. The SMILES string of the molecule is COc1ccc(C)cc1-n1nnc(S(=O)(=O)c2ccc(C(C)(C)C)cc2)c1Br. The highest BCUT2D eigenvalue weighted by Gasteiger charge is 2.28. The van der Waals surface area contributed by atoms with Gasteiger partial charge in [0.15, 0.2) is 0 Å². The third-order valence-corrected chi connectivity index (χ3v) is 7.09. The second-order valence-corrected chi connectivity index (χ2v) is 10.2. The van der Waals surface area contributed by atoms with Gasteiger partial charge in [-0.3, -0.25) is 0 Å². The molecule has 0 saturated heterocycles. The quantitative estimate of drug-likeness (QED) is 0.570. The molecule has 0 unspecified atom stereocenters. The maximum absolute atomic E-state index is 13.1. The summed E-state index contributed by atoms with van der Waals surface area (Å²) < 4.78 is 33.2. The standard InChI is InChI=1S/C20H22BrN3O3S/c1-13-6-11-17(27-5)16(12-13)24-18(21)19(22-23-24)28(25,26)15-9-7-14(8-10-15)20(2,3)4/h6-12H,1-5H3. The van der Waals surface area contributed by atoms with Gasteiger partial charge in [-0.15, -0.1) is 5.10 Å². The van der Waals surface area contributed by atoms with Crippen molar-refractivity contribution in [2.45, 2.75) is 43.0 Å². The van der Waals surface area contributed by atoms with Crippen LogP contribution in [0.4, 0.5) is 0 Å². The van der Waals surface area contributed by atoms with E-state index >= 15 is 0 Å². The number of sulfone groups is 1. The van der Waals surface area contributed by atoms with Crippen LogP contribution >= 0.6 is 15.9 Å². The van der Waals surface area contributed by atoms with Gasteiger partial charge >= 0.3 is 0 Å². The van der Waals surface area contributed by atoms with Gasteiger partial charge < -0.3 is 4.74 Å². The minimum absolute atomic E-state index is 0.0618. The molecule has 8 heteroatoms. The van der Waals surface area contributed by atoms with Crippen molar-refractivity contribution in [3.05, 3.63) is 58.2 Å². The van der Waals surface area contributed by atoms with Crippen LogP contribution in [-0.2, 0) is 15.3 Å². The van der Waals surface area contributed by atoms with Crippen LogP contribution in [0.2, 0.25) is 0 Å². The Labute approximate surface area is 173 Å². The predicted octanol–water partition coefficient (Wildman–Crippen LogP) is 4.48. The van der Waals surface area contributed by atoms with Crippen LogP contribution in [0.25, 0.3) is 5.69 Å². The molecule has 0 bridgehead atoms. The number of rotatable bonds is 4. The van der Waals surface area contributed by atoms with Gasteiger partial charge in [-0.25, -0.2) is 13.1 Å². The highest BCUT2D eigenvalue weighted by atomic mass is 79.9. The van der Waals surface area contributed by atoms with E-state index in [4.69, 9.17) is 4.74 Å². The Kier molecular flexibility index (Phi) is 5.38. The van der Waals surface area contributed by atoms with Crippen LogP contribution in [0.15, 0.2) is 57.0 Å². The van der Waals surface area contributed by atoms with Crippen molar-refractivity contribution in [2.24, 2.45) is 0 Å². The third-order valence-electron chi connectivity index (χ3n) is 4.44. The molecule has 28 heavy (non-hydrogen) atoms. The molecular weight excluding hydrogens is 442 g/mol. The summed E-state index contributed by atoms with van der Waals surface area (Å²) in [7, 11) is -2.28. The van der Waals surface area contributed by atoms with Crippen molar-refractivity contribution in [2.75, 3.05) is 7.11 Å². The van der Waals surface area contributed by atoms with E-state index in [2.05, 4.69) is 47.0 Å². The maximum Gasteiger partial charge on any atom is 0.228 e. The van der Waals surface area contributed by atoms with Gasteiger partial charge in [0.25, 0.3) is 0 Å². The smallest absolute Gasteiger partial charge is 0.228 e. The van der Waals surface area contributed by atoms with Gasteiger partial charge in [0, 0.05) is 0 Å². The Hall–Kier alpha value is -2.19. The fourth-order valence-electron chi connectivity index (χ4n) is 2.79. The number of benzene rings is 2. The molecule has 2 aromatic carbocycles. The summed E-state index contributed by atoms with van der Waals surface area (Å²) in [6.07, 6.45) is 0. The molecule has 1 aromatic heterocycles. The summed E-state index contributed by atoms with van der Waals surface area (Å²) in [5.41, 5.74) is 2.58. The molecule has 3 aromatic rings. The lowest BCUT2D eigenvalue weighted by molar-refractivity contribution is 0.411. The van der Waals surface area contributed by atoms with E-state index in [1.54, 1.807) is 25.3 Å². The molecule has 0 N–H and O–H groups in total. The van der Waals surface area contributed by atoms with Crippen LogP contribution in [-0.4, -0.2) is 30.5 Å². The summed E-state index contributed by atoms with van der Waals surface area (Å²) in [6, 6.07) is 12.4. The number of halogens is 1. The molecule has 0 aliphatic rings. The molecule has 0 radical (unpaired) electrons. The normalized spacial score (nSPS) is 12.2. The maximum atomic E-state index is 13.1. The van der Waals surface area contributed by atoms with Crippen LogP contribution < -0.4 is 4.74 Å². The van der Waals surface area contributed by atoms with Crippen molar-refractivity contribution >= 4 is 25.8 Å². The molecule has 0 amide bonds. The second kappa shape index (κ2) is 7.33. The minimum atomic E-state index is -3.83. The molecular formula is C20H22BrN3O3S. The van der Waals surface area contributed by atoms with Crippen molar-refractivity contribution in [3.63, 3.8) is 0 Å². The van der Waals surface area contributed by atoms with Gasteiger partial charge in [-0.2, -0.15) is 0 Å². The molecule has 0 aliphatic heterocycles. The molecule has 1 heterocycles. The molecule has 3 rings (SSSR count). The van der Waals surface area contributed by atoms with Gasteiger partial charge in [0.2, 0.25) is 14.9 Å². The van der Waals surface area contributed by atoms with Crippen LogP contribution in [0.1, 0.15) is 31.9 Å². The topological polar surface area (TPSA) is 74.1 Å². The summed E-state index contributed by atoms with van der Waals surface area (Å²) in [5.74, 6) is 0.565. The highest BCUT2D eigenvalue weighted by molar-refractivity contribution is 9.10. The number of aryl methyl sites for hydroxylation is 1. The fourth-order valence-corrected chi connectivity index (χ4v) is 4.94. The average molecular weight is 464 g/mol. The van der Waals surface area contributed by atoms with E-state index in [-0.39, 0.29) is 19.9 Å². The molecule has 0 aliphatic carbocycles. The number of hydrogen-bond donors (Lipinski definition) is 0. The van der Waals surface area contributed by atoms with Crippen LogP contribution in [0, 0.1) is 6.92 Å². The van der Waals surface area contributed by atoms with Gasteiger partial charge in [0.05, 0.1) is 12.0 Å². The van der Waals surface area contributed by atoms with Crippen molar-refractivity contribution in [3.8, 4) is 11.4 Å². The molecule has 148 valence electrons. The number of ether oxygens (including phenoxy) is 1. The van der Waals surface area contributed by atoms with Crippen LogP contribution in [0.3, 0.4) is 0 Å². The van der Waals surface area contributed by atoms with E-state index in [0.717, 1.165) is 11.1 Å². The van der Waals surface area contributed by atoms with Crippen molar-refractivity contribution in [1.82, 2.24) is 15.0 Å². The molecule has 6 nitrogen and oxygen atoms in total. The number of methoxy groups -OCH3 is 1. The highest BCUT2D eigenvalue weighted by Crippen LogP contribution is 2.32. The van der Waals surface area contributed by atoms with Gasteiger partial charge in [0.1, 0.15) is 16.0 Å². The van der Waals surface area contributed by atoms with Gasteiger partial charge in [-0.1, -0.05) is 44.2 Å². The number of hydrogen-bond acceptors (Lipinski definition) is 5. The second-order valence-electron chi connectivity index (χ2n) is 7.55. The molecule has 0 atom stereocenters. The fraction of sp³-hybridized carbons (Fsp3) is 0.300. The zero-order chi connectivity index (χ0) is 20.7. The Balaban J connectivity index is 2.07. The zero-order valence-electron chi connectivity index (χ0n) is 16.4. The first-order valence-corrected chi connectivity index (χ1v) is 10.9. The molecule has 0 fully saturated rings. The number of nitrogens with zero attached hydrogens (tertiary/aromatic N) is 3. The predicted molar refractivity (Wildman–Crippen MR) is 111 cm³/mol. The summed E-state index contributed by atoms with van der Waals surface area (Å²) >= 11 is 3.36. The van der Waals surface area contributed by atoms with E-state index in [1.165, 1.54) is 4.68 Å². The summed E-state index contributed by atoms with van der Waals surface area (Å²) in [5, 5.41) is 7.84. The van der Waals surface area contributed by atoms with Crippen molar-refractivity contribution < 1.29 is 13.2 Å². The van der Waals surface area contributed by atoms with E-state index in [0.29, 0.717) is 11.4 Å². The average Bonchev–Trinajstić information content (AvgIpc) is 3.03. The zero-order valence-corrected chi connectivity index (χ0v) is 18.8. The lowest BCUT2D eigenvalue weighted by atomic mass is 9.87. The van der Waals surface area contributed by atoms with E-state index in [9.17, 15) is 8.42 Å². The largest absolute Gasteiger partial charge is 0.494 e. The first-order chi connectivity index (χ1) is 13.1. The van der Waals surface area contributed by atoms with Crippen molar-refractivity contribution in [1.29, 1.82) is 0 Å². The summed E-state index contributed by atoms with van der Waals surface area (Å²) in [4.78, 5) is 0.171. The minimum Gasteiger partial charge on any atom is -0.494 e. The lowest BCUT2D eigenvalue weighted by Gasteiger charge is -2.19. The molecule has 0 spiro atoms. The van der Waals surface area contributed by atoms with E-state index in [1.807, 2.05) is 31.2 Å². The lowest BCUT2D eigenvalue weighted by Crippen LogP contribution is -2.11. The van der Waals surface area contributed by atoms with Gasteiger partial charge in [-0.05, 0) is 63.7 Å².